The van der Waals surface area contributed by atoms with Crippen LogP contribution in [0.5, 0.6) is 0 Å². The lowest BCUT2D eigenvalue weighted by Gasteiger charge is -2.10. The maximum absolute atomic E-state index is 5.62. The van der Waals surface area contributed by atoms with Crippen molar-refractivity contribution in [1.82, 2.24) is 4.98 Å². The smallest absolute Gasteiger partial charge is 0.105 e. The first-order chi connectivity index (χ1) is 9.08. The van der Waals surface area contributed by atoms with Crippen molar-refractivity contribution in [2.24, 2.45) is 5.73 Å². The number of anilines is 1. The Kier molecular flexibility index (Phi) is 4.50. The lowest BCUT2D eigenvalue weighted by molar-refractivity contribution is 1.02. The van der Waals surface area contributed by atoms with Gasteiger partial charge in [0.2, 0.25) is 0 Å². The average Bonchev–Trinajstić information content (AvgIpc) is 2.37. The van der Waals surface area contributed by atoms with Crippen molar-refractivity contribution in [2.75, 3.05) is 5.32 Å². The Morgan fingerprint density at radius 3 is 2.84 bits per heavy atom. The number of hydrogen-bond acceptors (Lipinski definition) is 3. The zero-order valence-corrected chi connectivity index (χ0v) is 12.9. The summed E-state index contributed by atoms with van der Waals surface area (Å²) in [5.74, 6) is 0. The highest BCUT2D eigenvalue weighted by Crippen LogP contribution is 2.22. The minimum absolute atomic E-state index is 0.388. The lowest BCUT2D eigenvalue weighted by atomic mass is 10.2. The maximum Gasteiger partial charge on any atom is 0.105 e. The molecule has 0 unspecified atom stereocenters. The molecule has 1 aromatic carbocycles. The summed E-state index contributed by atoms with van der Waals surface area (Å²) in [7, 11) is 0. The summed E-state index contributed by atoms with van der Waals surface area (Å²) in [6, 6.07) is 9.81. The molecule has 0 radical (unpaired) electrons. The Balaban J connectivity index is 2.11. The van der Waals surface area contributed by atoms with E-state index in [0.717, 1.165) is 21.4 Å². The highest BCUT2D eigenvalue weighted by atomic mass is 79.9. The standard InChI is InChI=1S/C14H14BrN3S/c1-9-3-2-6-17-13(9)8-18-10-4-5-11(14(16)19)12(15)7-10/h2-7,18H,8H2,1H3,(H2,16,19). The number of rotatable bonds is 4. The van der Waals surface area contributed by atoms with Crippen LogP contribution in [0.2, 0.25) is 0 Å². The molecule has 0 saturated heterocycles. The Morgan fingerprint density at radius 1 is 1.42 bits per heavy atom. The van der Waals surface area contributed by atoms with Gasteiger partial charge < -0.3 is 11.1 Å². The summed E-state index contributed by atoms with van der Waals surface area (Å²) in [6.07, 6.45) is 1.80. The molecule has 19 heavy (non-hydrogen) atoms. The van der Waals surface area contributed by atoms with Gasteiger partial charge in [0.1, 0.15) is 4.99 Å². The number of thiocarbonyl (C=S) groups is 1. The van der Waals surface area contributed by atoms with Crippen LogP contribution in [0, 0.1) is 6.92 Å². The molecule has 0 fully saturated rings. The first-order valence-electron chi connectivity index (χ1n) is 5.81. The van der Waals surface area contributed by atoms with Crippen molar-refractivity contribution in [1.29, 1.82) is 0 Å². The molecule has 0 aliphatic rings. The molecule has 2 rings (SSSR count). The van der Waals surface area contributed by atoms with Crippen LogP contribution in [0.3, 0.4) is 0 Å². The number of aromatic nitrogens is 1. The van der Waals surface area contributed by atoms with Gasteiger partial charge >= 0.3 is 0 Å². The third-order valence-corrected chi connectivity index (χ3v) is 3.69. The van der Waals surface area contributed by atoms with Gasteiger partial charge in [-0.05, 0) is 52.7 Å². The lowest BCUT2D eigenvalue weighted by Crippen LogP contribution is -2.10. The summed E-state index contributed by atoms with van der Waals surface area (Å²) < 4.78 is 0.891. The minimum atomic E-state index is 0.388. The van der Waals surface area contributed by atoms with Crippen LogP contribution in [0.15, 0.2) is 41.0 Å². The van der Waals surface area contributed by atoms with Gasteiger partial charge in [0.05, 0.1) is 12.2 Å². The molecule has 0 aliphatic heterocycles. The average molecular weight is 336 g/mol. The molecule has 0 aliphatic carbocycles. The van der Waals surface area contributed by atoms with Crippen molar-refractivity contribution >= 4 is 38.8 Å². The second kappa shape index (κ2) is 6.12. The van der Waals surface area contributed by atoms with E-state index in [-0.39, 0.29) is 0 Å². The Morgan fingerprint density at radius 2 is 2.21 bits per heavy atom. The molecule has 1 aromatic heterocycles. The van der Waals surface area contributed by atoms with Crippen LogP contribution in [-0.2, 0) is 6.54 Å². The van der Waals surface area contributed by atoms with Gasteiger partial charge in [-0.15, -0.1) is 0 Å². The summed E-state index contributed by atoms with van der Waals surface area (Å²) in [4.78, 5) is 4.73. The number of nitrogens with one attached hydrogen (secondary N) is 1. The molecule has 3 nitrogen and oxygen atoms in total. The Bertz CT molecular complexity index is 613. The normalized spacial score (nSPS) is 10.2. The highest BCUT2D eigenvalue weighted by molar-refractivity contribution is 9.10. The fourth-order valence-electron chi connectivity index (χ4n) is 1.71. The second-order valence-corrected chi connectivity index (χ2v) is 5.47. The number of nitrogens with zero attached hydrogens (tertiary/aromatic N) is 1. The molecule has 2 aromatic rings. The number of hydrogen-bond donors (Lipinski definition) is 2. The minimum Gasteiger partial charge on any atom is -0.389 e. The van der Waals surface area contributed by atoms with Gasteiger partial charge in [-0.1, -0.05) is 18.3 Å². The van der Waals surface area contributed by atoms with Crippen molar-refractivity contribution in [3.63, 3.8) is 0 Å². The molecule has 98 valence electrons. The summed E-state index contributed by atoms with van der Waals surface area (Å²) in [5, 5.41) is 3.33. The number of halogens is 1. The van der Waals surface area contributed by atoms with Crippen molar-refractivity contribution in [2.45, 2.75) is 13.5 Å². The van der Waals surface area contributed by atoms with Crippen LogP contribution in [0.1, 0.15) is 16.8 Å². The van der Waals surface area contributed by atoms with E-state index in [4.69, 9.17) is 18.0 Å². The van der Waals surface area contributed by atoms with E-state index in [1.54, 1.807) is 6.20 Å². The Labute approximate surface area is 126 Å². The SMILES string of the molecule is Cc1cccnc1CNc1ccc(C(N)=S)c(Br)c1. The molecule has 0 spiro atoms. The first kappa shape index (κ1) is 14.0. The first-order valence-corrected chi connectivity index (χ1v) is 7.02. The van der Waals surface area contributed by atoms with E-state index in [0.29, 0.717) is 11.5 Å². The van der Waals surface area contributed by atoms with E-state index in [2.05, 4.69) is 39.2 Å². The summed E-state index contributed by atoms with van der Waals surface area (Å²) >= 11 is 8.43. The zero-order chi connectivity index (χ0) is 13.8. The summed E-state index contributed by atoms with van der Waals surface area (Å²) in [5.41, 5.74) is 9.67. The van der Waals surface area contributed by atoms with Gasteiger partial charge in [0.25, 0.3) is 0 Å². The summed E-state index contributed by atoms with van der Waals surface area (Å²) in [6.45, 7) is 2.74. The van der Waals surface area contributed by atoms with E-state index in [9.17, 15) is 0 Å². The number of benzene rings is 1. The molecule has 1 heterocycles. The van der Waals surface area contributed by atoms with E-state index in [1.807, 2.05) is 24.3 Å². The molecular weight excluding hydrogens is 322 g/mol. The van der Waals surface area contributed by atoms with Crippen LogP contribution >= 0.6 is 28.1 Å². The van der Waals surface area contributed by atoms with Gasteiger partial charge in [0, 0.05) is 21.9 Å². The predicted octanol–water partition coefficient (Wildman–Crippen LogP) is 3.40. The molecular formula is C14H14BrN3S. The van der Waals surface area contributed by atoms with Crippen molar-refractivity contribution in [3.8, 4) is 0 Å². The molecule has 0 amide bonds. The zero-order valence-electron chi connectivity index (χ0n) is 10.5. The van der Waals surface area contributed by atoms with E-state index < -0.39 is 0 Å². The highest BCUT2D eigenvalue weighted by Gasteiger charge is 2.04. The van der Waals surface area contributed by atoms with Crippen LogP contribution in [-0.4, -0.2) is 9.97 Å². The molecule has 0 atom stereocenters. The number of aryl methyl sites for hydroxylation is 1. The van der Waals surface area contributed by atoms with Gasteiger partial charge in [-0.25, -0.2) is 0 Å². The quantitative estimate of drug-likeness (QED) is 0.841. The monoisotopic (exact) mass is 335 g/mol. The van der Waals surface area contributed by atoms with Crippen LogP contribution in [0.4, 0.5) is 5.69 Å². The molecule has 0 bridgehead atoms. The van der Waals surface area contributed by atoms with E-state index in [1.165, 1.54) is 5.56 Å². The second-order valence-electron chi connectivity index (χ2n) is 4.18. The van der Waals surface area contributed by atoms with Crippen LogP contribution in [0.25, 0.3) is 0 Å². The van der Waals surface area contributed by atoms with E-state index >= 15 is 0 Å². The number of pyridine rings is 1. The van der Waals surface area contributed by atoms with Gasteiger partial charge in [0.15, 0.2) is 0 Å². The van der Waals surface area contributed by atoms with Crippen LogP contribution < -0.4 is 11.1 Å². The van der Waals surface area contributed by atoms with Gasteiger partial charge in [-0.2, -0.15) is 0 Å². The Hall–Kier alpha value is -1.46. The molecule has 5 heteroatoms. The third kappa shape index (κ3) is 3.52. The predicted molar refractivity (Wildman–Crippen MR) is 86.3 cm³/mol. The number of nitrogens with two attached hydrogens (primary N) is 1. The topological polar surface area (TPSA) is 50.9 Å². The van der Waals surface area contributed by atoms with Gasteiger partial charge in [-0.3, -0.25) is 4.98 Å². The molecule has 0 saturated carbocycles. The van der Waals surface area contributed by atoms with Crippen molar-refractivity contribution < 1.29 is 0 Å². The fourth-order valence-corrected chi connectivity index (χ4v) is 2.62. The third-order valence-electron chi connectivity index (χ3n) is 2.81. The fraction of sp³-hybridized carbons (Fsp3) is 0.143. The largest absolute Gasteiger partial charge is 0.389 e. The van der Waals surface area contributed by atoms with Crippen molar-refractivity contribution in [3.05, 3.63) is 57.8 Å². The molecule has 3 N–H and O–H groups in total. The maximum atomic E-state index is 5.62.